The average molecular weight is 939 g/mol. The van der Waals surface area contributed by atoms with Gasteiger partial charge in [-0.25, -0.2) is 0 Å². The summed E-state index contributed by atoms with van der Waals surface area (Å²) >= 11 is 0. The molecule has 0 saturated carbocycles. The molecule has 0 aromatic carbocycles. The van der Waals surface area contributed by atoms with E-state index < -0.39 is 49.5 Å². The fourth-order valence-electron chi connectivity index (χ4n) is 9.51. The molecule has 1 aliphatic rings. The van der Waals surface area contributed by atoms with Crippen LogP contribution in [0, 0.1) is 0 Å². The van der Waals surface area contributed by atoms with Gasteiger partial charge >= 0.3 is 0 Å². The highest BCUT2D eigenvalue weighted by Crippen LogP contribution is 2.23. The van der Waals surface area contributed by atoms with Crippen molar-refractivity contribution in [3.05, 3.63) is 12.2 Å². The molecule has 1 amide bonds. The van der Waals surface area contributed by atoms with Crippen molar-refractivity contribution in [1.82, 2.24) is 5.32 Å². The van der Waals surface area contributed by atoms with Gasteiger partial charge in [0.1, 0.15) is 24.4 Å². The van der Waals surface area contributed by atoms with Crippen molar-refractivity contribution in [2.24, 2.45) is 0 Å². The van der Waals surface area contributed by atoms with Crippen LogP contribution < -0.4 is 5.32 Å². The van der Waals surface area contributed by atoms with Gasteiger partial charge in [-0.3, -0.25) is 4.79 Å². The first-order valence-corrected chi connectivity index (χ1v) is 28.9. The zero-order valence-corrected chi connectivity index (χ0v) is 43.5. The molecule has 0 bridgehead atoms. The predicted molar refractivity (Wildman–Crippen MR) is 277 cm³/mol. The van der Waals surface area contributed by atoms with Crippen LogP contribution >= 0.6 is 0 Å². The maximum absolute atomic E-state index is 13.0. The molecule has 6 N–H and O–H groups in total. The number of carbonyl (C=O) groups excluding carboxylic acids is 1. The second-order valence-electron chi connectivity index (χ2n) is 20.5. The normalized spacial score (nSPS) is 19.8. The van der Waals surface area contributed by atoms with Crippen LogP contribution in [0.4, 0.5) is 0 Å². The van der Waals surface area contributed by atoms with Gasteiger partial charge in [0.2, 0.25) is 5.91 Å². The summed E-state index contributed by atoms with van der Waals surface area (Å²) in [5.41, 5.74) is 0. The van der Waals surface area contributed by atoms with Gasteiger partial charge in [-0.2, -0.15) is 0 Å². The molecular formula is C57H111NO8. The first-order chi connectivity index (χ1) is 32.3. The Hall–Kier alpha value is -1.07. The Kier molecular flexibility index (Phi) is 45.4. The van der Waals surface area contributed by atoms with E-state index >= 15 is 0 Å². The minimum absolute atomic E-state index is 0.170. The Labute approximate surface area is 407 Å². The second kappa shape index (κ2) is 47.6. The van der Waals surface area contributed by atoms with Crippen LogP contribution in [0.1, 0.15) is 290 Å². The van der Waals surface area contributed by atoms with Gasteiger partial charge in [0.15, 0.2) is 6.29 Å². The Morgan fingerprint density at radius 2 is 0.833 bits per heavy atom. The van der Waals surface area contributed by atoms with E-state index in [9.17, 15) is 30.3 Å². The van der Waals surface area contributed by atoms with E-state index in [1.165, 1.54) is 231 Å². The smallest absolute Gasteiger partial charge is 0.220 e. The summed E-state index contributed by atoms with van der Waals surface area (Å²) in [7, 11) is 0. The maximum Gasteiger partial charge on any atom is 0.220 e. The van der Waals surface area contributed by atoms with Gasteiger partial charge in [0.05, 0.1) is 25.4 Å². The average Bonchev–Trinajstić information content (AvgIpc) is 3.32. The molecule has 1 aliphatic heterocycles. The van der Waals surface area contributed by atoms with Gasteiger partial charge in [-0.1, -0.05) is 276 Å². The molecule has 392 valence electrons. The SMILES string of the molecule is CCCCCCCCCCCCCCCC/C=C/C(O)C(COC1OC(CO)C(O)C(O)C1O)NC(=O)CCCCCCCCCCCCCCCCCCCCCCCCCCCCC. The van der Waals surface area contributed by atoms with Crippen LogP contribution in [0.15, 0.2) is 12.2 Å². The molecule has 0 aromatic heterocycles. The number of aliphatic hydroxyl groups is 5. The molecule has 1 saturated heterocycles. The highest BCUT2D eigenvalue weighted by Gasteiger charge is 2.44. The van der Waals surface area contributed by atoms with Crippen LogP contribution in [0.5, 0.6) is 0 Å². The van der Waals surface area contributed by atoms with E-state index in [4.69, 9.17) is 9.47 Å². The lowest BCUT2D eigenvalue weighted by molar-refractivity contribution is -0.302. The third-order valence-electron chi connectivity index (χ3n) is 14.1. The number of rotatable bonds is 50. The largest absolute Gasteiger partial charge is 0.394 e. The molecule has 0 radical (unpaired) electrons. The zero-order valence-electron chi connectivity index (χ0n) is 43.5. The van der Waals surface area contributed by atoms with Gasteiger partial charge in [0, 0.05) is 6.42 Å². The Morgan fingerprint density at radius 3 is 1.18 bits per heavy atom. The molecule has 0 aromatic rings. The summed E-state index contributed by atoms with van der Waals surface area (Å²) in [6.45, 7) is 3.82. The molecule has 9 nitrogen and oxygen atoms in total. The number of unbranched alkanes of at least 4 members (excludes halogenated alkanes) is 40. The number of hydrogen-bond donors (Lipinski definition) is 6. The van der Waals surface area contributed by atoms with Crippen molar-refractivity contribution in [2.75, 3.05) is 13.2 Å². The fraction of sp³-hybridized carbons (Fsp3) is 0.947. The summed E-state index contributed by atoms with van der Waals surface area (Å²) in [6, 6.07) is -0.800. The Balaban J connectivity index is 2.17. The van der Waals surface area contributed by atoms with Crippen LogP contribution in [-0.2, 0) is 14.3 Å². The number of allylic oxidation sites excluding steroid dienone is 1. The van der Waals surface area contributed by atoms with Crippen LogP contribution in [-0.4, -0.2) is 87.5 Å². The highest BCUT2D eigenvalue weighted by molar-refractivity contribution is 5.76. The lowest BCUT2D eigenvalue weighted by Gasteiger charge is -2.40. The first kappa shape index (κ1) is 62.9. The molecule has 1 rings (SSSR count). The molecule has 7 atom stereocenters. The van der Waals surface area contributed by atoms with Crippen LogP contribution in [0.25, 0.3) is 0 Å². The Bertz CT molecular complexity index is 1040. The van der Waals surface area contributed by atoms with Crippen LogP contribution in [0.2, 0.25) is 0 Å². The lowest BCUT2D eigenvalue weighted by atomic mass is 9.99. The fourth-order valence-corrected chi connectivity index (χ4v) is 9.51. The molecular weight excluding hydrogens is 827 g/mol. The summed E-state index contributed by atoms with van der Waals surface area (Å²) in [5.74, 6) is -0.170. The van der Waals surface area contributed by atoms with Gasteiger partial charge < -0.3 is 40.3 Å². The van der Waals surface area contributed by atoms with Gasteiger partial charge in [-0.05, 0) is 19.3 Å². The highest BCUT2D eigenvalue weighted by atomic mass is 16.7. The van der Waals surface area contributed by atoms with Crippen molar-refractivity contribution < 1.29 is 39.8 Å². The van der Waals surface area contributed by atoms with E-state index in [-0.39, 0.29) is 12.5 Å². The summed E-state index contributed by atoms with van der Waals surface area (Å²) in [6.07, 6.45) is 51.4. The monoisotopic (exact) mass is 938 g/mol. The minimum Gasteiger partial charge on any atom is -0.394 e. The van der Waals surface area contributed by atoms with Crippen molar-refractivity contribution in [1.29, 1.82) is 0 Å². The van der Waals surface area contributed by atoms with E-state index in [0.29, 0.717) is 6.42 Å². The quantitative estimate of drug-likeness (QED) is 0.0261. The summed E-state index contributed by atoms with van der Waals surface area (Å²) in [4.78, 5) is 13.0. The predicted octanol–water partition coefficient (Wildman–Crippen LogP) is 14.0. The zero-order chi connectivity index (χ0) is 48.0. The number of hydrogen-bond acceptors (Lipinski definition) is 8. The second-order valence-corrected chi connectivity index (χ2v) is 20.5. The standard InChI is InChI=1S/C57H111NO8/c1-3-5-7-9-11-13-15-17-19-21-22-23-24-25-26-27-28-29-30-31-33-35-37-39-41-43-45-47-53(61)58-50(49-65-57-56(64)55(63)54(62)52(48-59)66-57)51(60)46-44-42-40-38-36-34-32-20-18-16-14-12-10-8-6-4-2/h44,46,50-52,54-57,59-60,62-64H,3-43,45,47-49H2,1-2H3,(H,58,61)/b46-44+. The van der Waals surface area contributed by atoms with Crippen molar-refractivity contribution in [2.45, 2.75) is 333 Å². The number of carbonyl (C=O) groups is 1. The number of amides is 1. The summed E-state index contributed by atoms with van der Waals surface area (Å²) in [5, 5.41) is 54.5. The molecule has 0 aliphatic carbocycles. The molecule has 7 unspecified atom stereocenters. The minimum atomic E-state index is -1.56. The van der Waals surface area contributed by atoms with E-state index in [1.54, 1.807) is 6.08 Å². The molecule has 9 heteroatoms. The van der Waals surface area contributed by atoms with E-state index in [1.807, 2.05) is 6.08 Å². The van der Waals surface area contributed by atoms with Gasteiger partial charge in [-0.15, -0.1) is 0 Å². The van der Waals surface area contributed by atoms with E-state index in [0.717, 1.165) is 38.5 Å². The molecule has 1 heterocycles. The summed E-state index contributed by atoms with van der Waals surface area (Å²) < 4.78 is 11.3. The van der Waals surface area contributed by atoms with E-state index in [2.05, 4.69) is 19.2 Å². The molecule has 66 heavy (non-hydrogen) atoms. The number of ether oxygens (including phenoxy) is 2. The third kappa shape index (κ3) is 36.9. The van der Waals surface area contributed by atoms with Crippen molar-refractivity contribution in [3.8, 4) is 0 Å². The maximum atomic E-state index is 13.0. The van der Waals surface area contributed by atoms with Crippen molar-refractivity contribution >= 4 is 5.91 Å². The van der Waals surface area contributed by atoms with Crippen molar-refractivity contribution in [3.63, 3.8) is 0 Å². The Morgan fingerprint density at radius 1 is 0.500 bits per heavy atom. The first-order valence-electron chi connectivity index (χ1n) is 28.9. The molecule has 1 fully saturated rings. The number of nitrogens with one attached hydrogen (secondary N) is 1. The topological polar surface area (TPSA) is 149 Å². The number of aliphatic hydroxyl groups excluding tert-OH is 5. The molecule has 0 spiro atoms. The van der Waals surface area contributed by atoms with Crippen LogP contribution in [0.3, 0.4) is 0 Å². The third-order valence-corrected chi connectivity index (χ3v) is 14.1. The van der Waals surface area contributed by atoms with Gasteiger partial charge in [0.25, 0.3) is 0 Å². The lowest BCUT2D eigenvalue weighted by Crippen LogP contribution is -2.60.